The second-order valence-electron chi connectivity index (χ2n) is 5.92. The van der Waals surface area contributed by atoms with Crippen LogP contribution in [-0.2, 0) is 10.0 Å². The fourth-order valence-corrected chi connectivity index (χ4v) is 3.94. The quantitative estimate of drug-likeness (QED) is 0.847. The molecule has 1 aliphatic rings. The lowest BCUT2D eigenvalue weighted by molar-refractivity contribution is 0.319. The fraction of sp³-hybridized carbons (Fsp3) is 0.375. The van der Waals surface area contributed by atoms with Crippen LogP contribution in [-0.4, -0.2) is 37.1 Å². The van der Waals surface area contributed by atoms with Crippen LogP contribution in [0.5, 0.6) is 0 Å². The van der Waals surface area contributed by atoms with E-state index in [1.807, 2.05) is 12.1 Å². The zero-order chi connectivity index (χ0) is 16.6. The number of benzene rings is 1. The molecule has 1 aromatic carbocycles. The normalized spacial score (nSPS) is 17.2. The Hall–Kier alpha value is -2.17. The van der Waals surface area contributed by atoms with Crippen LogP contribution in [0.3, 0.4) is 0 Å². The zero-order valence-electron chi connectivity index (χ0n) is 12.9. The van der Waals surface area contributed by atoms with E-state index in [0.29, 0.717) is 29.9 Å². The Balaban J connectivity index is 1.90. The molecule has 0 saturated carbocycles. The molecule has 7 heteroatoms. The molecule has 1 aliphatic heterocycles. The minimum atomic E-state index is -3.13. The molecule has 1 fully saturated rings. The van der Waals surface area contributed by atoms with Gasteiger partial charge in [-0.05, 0) is 31.0 Å². The summed E-state index contributed by atoms with van der Waals surface area (Å²) in [5.41, 5.74) is 8.38. The summed E-state index contributed by atoms with van der Waals surface area (Å²) in [5, 5.41) is 10.1. The highest BCUT2D eigenvalue weighted by molar-refractivity contribution is 7.88. The first-order valence-electron chi connectivity index (χ1n) is 7.44. The summed E-state index contributed by atoms with van der Waals surface area (Å²) >= 11 is 0. The first kappa shape index (κ1) is 15.7. The maximum Gasteiger partial charge on any atom is 0.211 e. The average Bonchev–Trinajstić information content (AvgIpc) is 2.53. The Morgan fingerprint density at radius 2 is 2.00 bits per heavy atom. The van der Waals surface area contributed by atoms with Crippen molar-refractivity contribution >= 4 is 26.6 Å². The van der Waals surface area contributed by atoms with Crippen molar-refractivity contribution in [2.24, 2.45) is 0 Å². The Morgan fingerprint density at radius 1 is 1.30 bits per heavy atom. The van der Waals surface area contributed by atoms with Crippen LogP contribution >= 0.6 is 0 Å². The van der Waals surface area contributed by atoms with Gasteiger partial charge in [-0.15, -0.1) is 0 Å². The largest absolute Gasteiger partial charge is 0.399 e. The topological polar surface area (TPSA) is 100 Å². The van der Waals surface area contributed by atoms with E-state index < -0.39 is 10.0 Å². The van der Waals surface area contributed by atoms with Crippen molar-refractivity contribution in [2.45, 2.75) is 18.8 Å². The van der Waals surface area contributed by atoms with Crippen molar-refractivity contribution in [3.05, 3.63) is 35.5 Å². The summed E-state index contributed by atoms with van der Waals surface area (Å²) in [6.45, 7) is 1.02. The van der Waals surface area contributed by atoms with Gasteiger partial charge in [0.1, 0.15) is 6.07 Å². The third-order valence-corrected chi connectivity index (χ3v) is 5.60. The van der Waals surface area contributed by atoms with Gasteiger partial charge in [0.05, 0.1) is 17.3 Å². The smallest absolute Gasteiger partial charge is 0.211 e. The summed E-state index contributed by atoms with van der Waals surface area (Å²) in [6.07, 6.45) is 2.72. The van der Waals surface area contributed by atoms with E-state index in [9.17, 15) is 13.7 Å². The monoisotopic (exact) mass is 330 g/mol. The van der Waals surface area contributed by atoms with Gasteiger partial charge >= 0.3 is 0 Å². The number of rotatable bonds is 2. The maximum atomic E-state index is 11.6. The van der Waals surface area contributed by atoms with Gasteiger partial charge in [0.15, 0.2) is 0 Å². The summed E-state index contributed by atoms with van der Waals surface area (Å²) in [4.78, 5) is 4.65. The Kier molecular flexibility index (Phi) is 3.96. The molecule has 1 aromatic heterocycles. The number of aromatic nitrogens is 1. The number of hydrogen-bond donors (Lipinski definition) is 1. The van der Waals surface area contributed by atoms with E-state index in [4.69, 9.17) is 5.73 Å². The molecule has 0 amide bonds. The molecule has 0 atom stereocenters. The van der Waals surface area contributed by atoms with Crippen molar-refractivity contribution in [1.82, 2.24) is 9.29 Å². The number of anilines is 1. The molecule has 0 spiro atoms. The fourth-order valence-electron chi connectivity index (χ4n) is 3.07. The minimum absolute atomic E-state index is 0.210. The number of nitriles is 1. The molecule has 0 aliphatic carbocycles. The van der Waals surface area contributed by atoms with Gasteiger partial charge in [-0.25, -0.2) is 12.7 Å². The first-order chi connectivity index (χ1) is 10.9. The molecule has 6 nitrogen and oxygen atoms in total. The number of nitrogens with two attached hydrogens (primary N) is 1. The first-order valence-corrected chi connectivity index (χ1v) is 9.28. The van der Waals surface area contributed by atoms with Gasteiger partial charge < -0.3 is 5.73 Å². The van der Waals surface area contributed by atoms with Crippen LogP contribution in [0.25, 0.3) is 10.9 Å². The zero-order valence-corrected chi connectivity index (χ0v) is 13.7. The third kappa shape index (κ3) is 3.14. The van der Waals surface area contributed by atoms with E-state index in [-0.39, 0.29) is 5.92 Å². The number of sulfonamides is 1. The molecule has 0 unspecified atom stereocenters. The minimum Gasteiger partial charge on any atom is -0.399 e. The van der Waals surface area contributed by atoms with Crippen LogP contribution in [0, 0.1) is 11.3 Å². The predicted molar refractivity (Wildman–Crippen MR) is 89.3 cm³/mol. The number of piperidine rings is 1. The molecule has 3 rings (SSSR count). The standard InChI is InChI=1S/C16H18N4O2S/c1-23(21,22)20-6-4-11(5-7-20)15-3-2-12-8-14(18)9-13(10-17)16(12)19-15/h2-3,8-9,11H,4-7,18H2,1H3. The number of fused-ring (bicyclic) bond motifs is 1. The van der Waals surface area contributed by atoms with E-state index in [2.05, 4.69) is 11.1 Å². The van der Waals surface area contributed by atoms with Crippen LogP contribution in [0.15, 0.2) is 24.3 Å². The second-order valence-corrected chi connectivity index (χ2v) is 7.91. The molecular weight excluding hydrogens is 312 g/mol. The summed E-state index contributed by atoms with van der Waals surface area (Å²) in [6, 6.07) is 9.45. The molecular formula is C16H18N4O2S. The van der Waals surface area contributed by atoms with Crippen molar-refractivity contribution in [3.63, 3.8) is 0 Å². The van der Waals surface area contributed by atoms with Crippen molar-refractivity contribution < 1.29 is 8.42 Å². The number of nitrogens with zero attached hydrogens (tertiary/aromatic N) is 3. The molecule has 2 aromatic rings. The molecule has 120 valence electrons. The third-order valence-electron chi connectivity index (χ3n) is 4.30. The molecule has 2 heterocycles. The summed E-state index contributed by atoms with van der Waals surface area (Å²) in [7, 11) is -3.13. The van der Waals surface area contributed by atoms with Gasteiger partial charge in [0.25, 0.3) is 0 Å². The lowest BCUT2D eigenvalue weighted by atomic mass is 9.93. The highest BCUT2D eigenvalue weighted by atomic mass is 32.2. The highest BCUT2D eigenvalue weighted by Gasteiger charge is 2.26. The van der Waals surface area contributed by atoms with Crippen LogP contribution in [0.2, 0.25) is 0 Å². The Bertz CT molecular complexity index is 894. The van der Waals surface area contributed by atoms with E-state index in [0.717, 1.165) is 23.9 Å². The van der Waals surface area contributed by atoms with Crippen molar-refractivity contribution in [2.75, 3.05) is 25.1 Å². The van der Waals surface area contributed by atoms with Gasteiger partial charge in [0, 0.05) is 35.8 Å². The summed E-state index contributed by atoms with van der Waals surface area (Å²) < 4.78 is 24.7. The van der Waals surface area contributed by atoms with Gasteiger partial charge in [-0.2, -0.15) is 5.26 Å². The van der Waals surface area contributed by atoms with Crippen LogP contribution in [0.4, 0.5) is 5.69 Å². The number of hydrogen-bond acceptors (Lipinski definition) is 5. The number of pyridine rings is 1. The van der Waals surface area contributed by atoms with Crippen molar-refractivity contribution in [3.8, 4) is 6.07 Å². The van der Waals surface area contributed by atoms with E-state index in [1.165, 1.54) is 10.6 Å². The number of nitrogen functional groups attached to an aromatic ring is 1. The Labute approximate surface area is 135 Å². The SMILES string of the molecule is CS(=O)(=O)N1CCC(c2ccc3cc(N)cc(C#N)c3n2)CC1. The lowest BCUT2D eigenvalue weighted by Gasteiger charge is -2.30. The lowest BCUT2D eigenvalue weighted by Crippen LogP contribution is -2.37. The van der Waals surface area contributed by atoms with E-state index in [1.54, 1.807) is 12.1 Å². The average molecular weight is 330 g/mol. The molecule has 23 heavy (non-hydrogen) atoms. The molecule has 0 bridgehead atoms. The summed E-state index contributed by atoms with van der Waals surface area (Å²) in [5.74, 6) is 0.210. The van der Waals surface area contributed by atoms with Crippen LogP contribution in [0.1, 0.15) is 30.0 Å². The molecule has 2 N–H and O–H groups in total. The predicted octanol–water partition coefficient (Wildman–Crippen LogP) is 1.83. The maximum absolute atomic E-state index is 11.6. The second kappa shape index (κ2) is 5.80. The Morgan fingerprint density at radius 3 is 2.61 bits per heavy atom. The van der Waals surface area contributed by atoms with Crippen LogP contribution < -0.4 is 5.73 Å². The van der Waals surface area contributed by atoms with Crippen molar-refractivity contribution in [1.29, 1.82) is 5.26 Å². The van der Waals surface area contributed by atoms with Gasteiger partial charge in [0.2, 0.25) is 10.0 Å². The van der Waals surface area contributed by atoms with Gasteiger partial charge in [-0.1, -0.05) is 6.07 Å². The van der Waals surface area contributed by atoms with E-state index >= 15 is 0 Å². The van der Waals surface area contributed by atoms with Gasteiger partial charge in [-0.3, -0.25) is 4.98 Å². The highest BCUT2D eigenvalue weighted by Crippen LogP contribution is 2.30. The molecule has 1 saturated heterocycles. The molecule has 0 radical (unpaired) electrons.